The number of allylic oxidation sites excluding steroid dienone is 1. The summed E-state index contributed by atoms with van der Waals surface area (Å²) in [4.78, 5) is 117. The number of aryl methyl sites for hydroxylation is 7. The van der Waals surface area contributed by atoms with Gasteiger partial charge in [-0.1, -0.05) is 37.8 Å². The minimum absolute atomic E-state index is 0. The number of aliphatic hydroxyl groups excluding tert-OH is 1. The van der Waals surface area contributed by atoms with Gasteiger partial charge < -0.3 is 54.2 Å². The largest absolute Gasteiger partial charge is 0.511 e. The summed E-state index contributed by atoms with van der Waals surface area (Å²) in [5.41, 5.74) is 13.2. The molecule has 6 aromatic carbocycles. The highest BCUT2D eigenvalue weighted by molar-refractivity contribution is 9.10. The number of carbonyl (C=O) groups is 7. The molecule has 0 atom stereocenters. The van der Waals surface area contributed by atoms with Gasteiger partial charge in [-0.25, -0.2) is 46.3 Å². The summed E-state index contributed by atoms with van der Waals surface area (Å²) in [7, 11) is 5.24. The highest BCUT2D eigenvalue weighted by Gasteiger charge is 2.41. The van der Waals surface area contributed by atoms with Crippen molar-refractivity contribution >= 4 is 120 Å². The predicted molar refractivity (Wildman–Crippen MR) is 426 cm³/mol. The molecule has 5 N–H and O–H groups in total. The van der Waals surface area contributed by atoms with Crippen LogP contribution in [0.15, 0.2) is 168 Å². The third kappa shape index (κ3) is 25.9. The van der Waals surface area contributed by atoms with E-state index in [-0.39, 0.29) is 98.4 Å². The molecule has 1 aliphatic heterocycles. The fourth-order valence-electron chi connectivity index (χ4n) is 9.88. The van der Waals surface area contributed by atoms with E-state index < -0.39 is 87.8 Å². The molecular weight excluding hydrogens is 1710 g/mol. The van der Waals surface area contributed by atoms with Crippen LogP contribution in [0, 0.1) is 71.7 Å². The number of carbonyl (C=O) groups excluding carboxylic acids is 7. The average molecular weight is 1790 g/mol. The molecule has 24 nitrogen and oxygen atoms in total. The number of cyclic esters (lactones) is 2. The summed E-state index contributed by atoms with van der Waals surface area (Å²) in [6.45, 7) is 16.3. The smallest absolute Gasteiger partial charge is 0.352 e. The van der Waals surface area contributed by atoms with Crippen LogP contribution in [0.25, 0.3) is 17.1 Å². The van der Waals surface area contributed by atoms with Gasteiger partial charge in [-0.15, -0.1) is 41.0 Å². The van der Waals surface area contributed by atoms with Crippen LogP contribution in [0.1, 0.15) is 127 Å². The number of alkyl halides is 1. The number of hydrogen-bond donors (Lipinski definition) is 4. The van der Waals surface area contributed by atoms with Crippen LogP contribution in [-0.4, -0.2) is 105 Å². The number of pyridine rings is 3. The fourth-order valence-corrected chi connectivity index (χ4v) is 10.8. The number of Topliss-reactive ketones (excluding diaryl/α,β-unsaturated/α-hetero) is 1. The van der Waals surface area contributed by atoms with Crippen LogP contribution in [0.2, 0.25) is 0 Å². The van der Waals surface area contributed by atoms with Crippen molar-refractivity contribution in [2.45, 2.75) is 101 Å². The van der Waals surface area contributed by atoms with Crippen LogP contribution < -0.4 is 27.1 Å². The minimum atomic E-state index is -1.35. The molecular formula is C79H81Br3Cl2F4N4O20. The van der Waals surface area contributed by atoms with E-state index in [1.165, 1.54) is 93.2 Å². The normalized spacial score (nSPS) is 11.3. The molecule has 0 amide bonds. The van der Waals surface area contributed by atoms with Crippen LogP contribution in [-0.2, 0) is 55.3 Å². The quantitative estimate of drug-likeness (QED) is 0.0122. The second-order valence-electron chi connectivity index (χ2n) is 24.1. The fraction of sp³-hybridized carbons (Fsp3) is 0.241. The maximum Gasteiger partial charge on any atom is 0.352 e. The third-order valence-electron chi connectivity index (χ3n) is 15.5. The van der Waals surface area contributed by atoms with E-state index >= 15 is 0 Å². The topological polar surface area (TPSA) is 337 Å². The molecule has 112 heavy (non-hydrogen) atoms. The number of aromatic hydroxyl groups is 2. The Morgan fingerprint density at radius 3 is 1.29 bits per heavy atom. The zero-order valence-electron chi connectivity index (χ0n) is 62.0. The number of methoxy groups -OCH3 is 4. The molecule has 1 aliphatic rings. The van der Waals surface area contributed by atoms with Crippen LogP contribution >= 0.6 is 72.8 Å². The number of nitrogens with zero attached hydrogens (tertiary/aromatic N) is 3. The van der Waals surface area contributed by atoms with Gasteiger partial charge in [-0.05, 0) is 182 Å². The molecule has 0 bridgehead atoms. The molecule has 0 unspecified atom stereocenters. The Morgan fingerprint density at radius 2 is 0.902 bits per heavy atom. The zero-order valence-corrected chi connectivity index (χ0v) is 68.4. The number of ether oxygens (including phenoxy) is 7. The number of halogens is 9. The SMILES string of the molecule is Br.C.CC(=O)CC(O)=C1C(=O)OC(C)(C)OC1=O.COC(=O)c1ccc(C)c(-n2c(C)cc(O)c(Br)c2=O)c1.COC(=O)c1ccc(C)c(-n2c(C)cc(O)cc2=O)c1.COC(=O)c1ccc(C)c(-n2c(C)cc(OCc3ccc(F)cc3F)c(Br)c2=O)c1.COC(=O)c1ccc(C)c(N)c1.Cl.Fc1ccc(CCl)c(F)c1. The van der Waals surface area contributed by atoms with Crippen LogP contribution in [0.4, 0.5) is 23.2 Å². The molecule has 33 heteroatoms. The van der Waals surface area contributed by atoms with Gasteiger partial charge in [0.05, 0.1) is 80.1 Å². The number of anilines is 1. The summed E-state index contributed by atoms with van der Waals surface area (Å²) in [6.07, 6.45) is -0.403. The van der Waals surface area contributed by atoms with Gasteiger partial charge in [-0.2, -0.15) is 0 Å². The lowest BCUT2D eigenvalue weighted by Crippen LogP contribution is -2.42. The lowest BCUT2D eigenvalue weighted by molar-refractivity contribution is -0.222. The molecule has 9 aromatic rings. The minimum Gasteiger partial charge on any atom is -0.511 e. The molecule has 1 saturated heterocycles. The van der Waals surface area contributed by atoms with Crippen molar-refractivity contribution in [1.29, 1.82) is 0 Å². The van der Waals surface area contributed by atoms with Crippen molar-refractivity contribution in [1.82, 2.24) is 13.7 Å². The number of ketones is 1. The first-order valence-electron chi connectivity index (χ1n) is 32.1. The van der Waals surface area contributed by atoms with Gasteiger partial charge in [0.1, 0.15) is 67.6 Å². The molecule has 0 spiro atoms. The standard InChI is InChI=1S/C22H18BrF2NO4.C15H14BrNO4.C15H15NO4.C10H12O6.C9H11NO2.C7H5ClF2.CH4.BrH.ClH/c1-12-4-5-14(22(28)29-3)9-18(12)26-13(2)8-19(20(23)21(26)27)30-11-15-6-7-16(24)10-17(15)25;1-8-4-5-10(15(20)21-3)7-11(8)17-9(2)6-12(18)13(16)14(17)19;1-9-4-5-11(15(19)20-3)7-13(9)16-10(2)6-12(17)8-14(16)18;1-5(11)4-6(12)7-8(13)15-10(2,3)16-9(7)14;1-6-3-4-7(5-8(6)10)9(11)12-2;8-4-5-1-2-6(9)3-7(5)10;;;/h4-10H,11H2,1-3H3;4-7,18H,1-3H3;4-8,17H,1-3H3;12H,4H2,1-3H3;3-5H,10H2,1-2H3;1-3H,4H2;1H4;2*1H. The van der Waals surface area contributed by atoms with Gasteiger partial charge in [0.15, 0.2) is 5.57 Å². The molecule has 0 aliphatic carbocycles. The second kappa shape index (κ2) is 43.7. The summed E-state index contributed by atoms with van der Waals surface area (Å²) in [6, 6.07) is 32.3. The van der Waals surface area contributed by atoms with Crippen molar-refractivity contribution in [3.63, 3.8) is 0 Å². The van der Waals surface area contributed by atoms with E-state index in [9.17, 15) is 80.8 Å². The van der Waals surface area contributed by atoms with Gasteiger partial charge >= 0.3 is 35.8 Å². The molecule has 3 aromatic heterocycles. The Bertz CT molecular complexity index is 5200. The zero-order chi connectivity index (χ0) is 81.8. The van der Waals surface area contributed by atoms with Gasteiger partial charge in [0.25, 0.3) is 22.5 Å². The van der Waals surface area contributed by atoms with Gasteiger partial charge in [-0.3, -0.25) is 32.9 Å². The number of benzene rings is 6. The predicted octanol–water partition coefficient (Wildman–Crippen LogP) is 15.8. The first-order chi connectivity index (χ1) is 51.1. The average Bonchev–Trinajstić information content (AvgIpc) is 0.811. The Balaban J connectivity index is 0.000000469. The monoisotopic (exact) mass is 1790 g/mol. The number of aliphatic hydroxyl groups is 1. The maximum atomic E-state index is 13.8. The number of nitrogen functional groups attached to an aromatic ring is 1. The highest BCUT2D eigenvalue weighted by Crippen LogP contribution is 2.30. The summed E-state index contributed by atoms with van der Waals surface area (Å²) >= 11 is 11.6. The number of nitrogens with two attached hydrogens (primary N) is 1. The molecule has 0 radical (unpaired) electrons. The summed E-state index contributed by atoms with van der Waals surface area (Å²) < 4.78 is 89.9. The number of esters is 6. The van der Waals surface area contributed by atoms with Crippen molar-refractivity contribution in [3.8, 4) is 34.3 Å². The van der Waals surface area contributed by atoms with E-state index in [1.54, 1.807) is 99.6 Å². The molecule has 1 fully saturated rings. The third-order valence-corrected chi connectivity index (χ3v) is 17.2. The van der Waals surface area contributed by atoms with Gasteiger partial charge in [0, 0.05) is 78.1 Å². The summed E-state index contributed by atoms with van der Waals surface area (Å²) in [5.74, 6) is -8.61. The lowest BCUT2D eigenvalue weighted by Gasteiger charge is -2.30. The highest BCUT2D eigenvalue weighted by atomic mass is 79.9. The molecule has 600 valence electrons. The van der Waals surface area contributed by atoms with E-state index in [4.69, 9.17) is 41.0 Å². The Kier molecular flexibility index (Phi) is 37.9. The van der Waals surface area contributed by atoms with E-state index in [2.05, 4.69) is 41.3 Å². The summed E-state index contributed by atoms with van der Waals surface area (Å²) in [5, 5.41) is 28.5. The first-order valence-corrected chi connectivity index (χ1v) is 34.2. The second-order valence-corrected chi connectivity index (χ2v) is 25.9. The molecule has 4 heterocycles. The maximum absolute atomic E-state index is 13.8. The number of hydrogen-bond acceptors (Lipinski definition) is 21. The van der Waals surface area contributed by atoms with Crippen LogP contribution in [0.5, 0.6) is 17.2 Å². The van der Waals surface area contributed by atoms with Crippen molar-refractivity contribution in [3.05, 3.63) is 281 Å². The van der Waals surface area contributed by atoms with Crippen molar-refractivity contribution < 1.29 is 99.6 Å². The van der Waals surface area contributed by atoms with Crippen molar-refractivity contribution in [2.24, 2.45) is 0 Å². The lowest BCUT2D eigenvalue weighted by atomic mass is 10.1. The Hall–Kier alpha value is -10.9. The molecule has 0 saturated carbocycles. The van der Waals surface area contributed by atoms with E-state index in [0.717, 1.165) is 46.5 Å². The van der Waals surface area contributed by atoms with Crippen LogP contribution in [0.3, 0.4) is 0 Å². The number of rotatable bonds is 13. The van der Waals surface area contributed by atoms with Gasteiger partial charge in [0.2, 0.25) is 0 Å². The van der Waals surface area contributed by atoms with Crippen molar-refractivity contribution in [2.75, 3.05) is 34.2 Å². The Labute approximate surface area is 679 Å². The first kappa shape index (κ1) is 97.2. The molecule has 10 rings (SSSR count). The van der Waals surface area contributed by atoms with E-state index in [1.807, 2.05) is 27.7 Å². The van der Waals surface area contributed by atoms with E-state index in [0.29, 0.717) is 67.6 Å². The number of aromatic nitrogens is 3. The Morgan fingerprint density at radius 1 is 0.527 bits per heavy atom.